The van der Waals surface area contributed by atoms with Gasteiger partial charge in [0.2, 0.25) is 0 Å². The molecule has 0 aliphatic carbocycles. The number of morpholine rings is 1. The third-order valence-electron chi connectivity index (χ3n) is 3.28. The molecule has 0 amide bonds. The van der Waals surface area contributed by atoms with Gasteiger partial charge in [-0.25, -0.2) is 14.8 Å². The van der Waals surface area contributed by atoms with Gasteiger partial charge in [-0.3, -0.25) is 4.90 Å². The second-order valence-corrected chi connectivity index (χ2v) is 4.88. The molecule has 20 heavy (non-hydrogen) atoms. The van der Waals surface area contributed by atoms with Gasteiger partial charge >= 0.3 is 5.97 Å². The van der Waals surface area contributed by atoms with Crippen LogP contribution < -0.4 is 5.32 Å². The van der Waals surface area contributed by atoms with Gasteiger partial charge in [-0.2, -0.15) is 0 Å². The van der Waals surface area contributed by atoms with Crippen LogP contribution in [0.25, 0.3) is 0 Å². The zero-order chi connectivity index (χ0) is 14.4. The highest BCUT2D eigenvalue weighted by molar-refractivity contribution is 5.88. The highest BCUT2D eigenvalue weighted by Gasteiger charge is 2.15. The van der Waals surface area contributed by atoms with Crippen LogP contribution in [0.1, 0.15) is 23.0 Å². The van der Waals surface area contributed by atoms with Crippen molar-refractivity contribution in [2.75, 3.05) is 32.8 Å². The van der Waals surface area contributed by atoms with Gasteiger partial charge in [0.15, 0.2) is 0 Å². The molecule has 1 fully saturated rings. The van der Waals surface area contributed by atoms with Crippen LogP contribution in [0.2, 0.25) is 0 Å². The molecule has 2 heterocycles. The number of hydrogen-bond acceptors (Lipinski definition) is 6. The summed E-state index contributed by atoms with van der Waals surface area (Å²) in [6.07, 6.45) is 2.70. The third-order valence-corrected chi connectivity index (χ3v) is 3.28. The molecule has 2 rings (SSSR count). The van der Waals surface area contributed by atoms with E-state index in [9.17, 15) is 4.79 Å². The van der Waals surface area contributed by atoms with Crippen molar-refractivity contribution in [1.82, 2.24) is 20.2 Å². The minimum Gasteiger partial charge on any atom is -0.478 e. The molecule has 1 aromatic heterocycles. The molecule has 1 unspecified atom stereocenters. The van der Waals surface area contributed by atoms with Crippen LogP contribution in [-0.4, -0.2) is 64.8 Å². The fraction of sp³-hybridized carbons (Fsp3) is 0.615. The minimum atomic E-state index is -0.997. The zero-order valence-corrected chi connectivity index (χ0v) is 11.6. The number of rotatable bonds is 6. The molecule has 0 radical (unpaired) electrons. The Morgan fingerprint density at radius 3 is 3.00 bits per heavy atom. The summed E-state index contributed by atoms with van der Waals surface area (Å²) in [5, 5.41) is 12.4. The number of aromatic carboxylic acids is 1. The summed E-state index contributed by atoms with van der Waals surface area (Å²) in [5.74, 6) is -0.997. The monoisotopic (exact) mass is 280 g/mol. The highest BCUT2D eigenvalue weighted by Crippen LogP contribution is 2.04. The van der Waals surface area contributed by atoms with Gasteiger partial charge < -0.3 is 15.2 Å². The van der Waals surface area contributed by atoms with Crippen LogP contribution >= 0.6 is 0 Å². The van der Waals surface area contributed by atoms with Crippen LogP contribution in [0.5, 0.6) is 0 Å². The van der Waals surface area contributed by atoms with Crippen molar-refractivity contribution in [1.29, 1.82) is 0 Å². The summed E-state index contributed by atoms with van der Waals surface area (Å²) in [5.41, 5.74) is 0.667. The van der Waals surface area contributed by atoms with E-state index in [0.29, 0.717) is 12.2 Å². The van der Waals surface area contributed by atoms with Gasteiger partial charge in [-0.15, -0.1) is 0 Å². The molecular formula is C13H20N4O3. The SMILES string of the molecule is CC(CN1CCOCC1)NCc1ncncc1C(=O)O. The normalized spacial score (nSPS) is 17.9. The predicted octanol–water partition coefficient (Wildman–Crippen LogP) is -0.0149. The lowest BCUT2D eigenvalue weighted by Crippen LogP contribution is -2.44. The number of carboxylic acid groups (broad SMARTS) is 1. The Hall–Kier alpha value is -1.57. The standard InChI is InChI=1S/C13H20N4O3/c1-10(8-17-2-4-20-5-3-17)15-7-12-11(13(18)19)6-14-9-16-12/h6,9-10,15H,2-5,7-8H2,1H3,(H,18,19). The zero-order valence-electron chi connectivity index (χ0n) is 11.6. The molecule has 0 bridgehead atoms. The molecule has 0 saturated carbocycles. The maximum atomic E-state index is 11.1. The van der Waals surface area contributed by atoms with Crippen LogP contribution in [0.4, 0.5) is 0 Å². The van der Waals surface area contributed by atoms with E-state index >= 15 is 0 Å². The average molecular weight is 280 g/mol. The number of aromatic nitrogens is 2. The second kappa shape index (κ2) is 7.28. The van der Waals surface area contributed by atoms with Crippen molar-refractivity contribution in [3.05, 3.63) is 23.8 Å². The average Bonchev–Trinajstić information content (AvgIpc) is 2.46. The molecule has 1 aliphatic rings. The lowest BCUT2D eigenvalue weighted by atomic mass is 10.2. The van der Waals surface area contributed by atoms with Crippen LogP contribution in [0, 0.1) is 0 Å². The van der Waals surface area contributed by atoms with E-state index in [1.807, 2.05) is 0 Å². The van der Waals surface area contributed by atoms with Crippen LogP contribution in [0.3, 0.4) is 0 Å². The lowest BCUT2D eigenvalue weighted by molar-refractivity contribution is 0.0343. The molecule has 110 valence electrons. The van der Waals surface area contributed by atoms with E-state index in [2.05, 4.69) is 27.1 Å². The minimum absolute atomic E-state index is 0.151. The van der Waals surface area contributed by atoms with Crippen molar-refractivity contribution < 1.29 is 14.6 Å². The first-order valence-electron chi connectivity index (χ1n) is 6.72. The lowest BCUT2D eigenvalue weighted by Gasteiger charge is -2.29. The van der Waals surface area contributed by atoms with E-state index in [4.69, 9.17) is 9.84 Å². The smallest absolute Gasteiger partial charge is 0.339 e. The van der Waals surface area contributed by atoms with Crippen LogP contribution in [0.15, 0.2) is 12.5 Å². The quantitative estimate of drug-likeness (QED) is 0.757. The van der Waals surface area contributed by atoms with Crippen molar-refractivity contribution in [2.24, 2.45) is 0 Å². The molecule has 0 aromatic carbocycles. The summed E-state index contributed by atoms with van der Waals surface area (Å²) in [4.78, 5) is 21.2. The first-order chi connectivity index (χ1) is 9.66. The third kappa shape index (κ3) is 4.22. The second-order valence-electron chi connectivity index (χ2n) is 4.88. The molecule has 1 aliphatic heterocycles. The predicted molar refractivity (Wildman–Crippen MR) is 72.6 cm³/mol. The number of ether oxygens (including phenoxy) is 1. The Morgan fingerprint density at radius 2 is 2.30 bits per heavy atom. The summed E-state index contributed by atoms with van der Waals surface area (Å²) >= 11 is 0. The summed E-state index contributed by atoms with van der Waals surface area (Å²) < 4.78 is 5.31. The van der Waals surface area contributed by atoms with Crippen molar-refractivity contribution in [3.8, 4) is 0 Å². The molecule has 7 nitrogen and oxygen atoms in total. The highest BCUT2D eigenvalue weighted by atomic mass is 16.5. The van der Waals surface area contributed by atoms with Crippen molar-refractivity contribution >= 4 is 5.97 Å². The molecular weight excluding hydrogens is 260 g/mol. The maximum Gasteiger partial charge on any atom is 0.339 e. The number of nitrogens with zero attached hydrogens (tertiary/aromatic N) is 3. The summed E-state index contributed by atoms with van der Waals surface area (Å²) in [6.45, 7) is 6.87. The van der Waals surface area contributed by atoms with Gasteiger partial charge in [0.1, 0.15) is 11.9 Å². The Labute approximate surface area is 118 Å². The largest absolute Gasteiger partial charge is 0.478 e. The Bertz CT molecular complexity index is 449. The summed E-state index contributed by atoms with van der Waals surface area (Å²) in [7, 11) is 0. The van der Waals surface area contributed by atoms with E-state index < -0.39 is 5.97 Å². The Balaban J connectivity index is 1.83. The van der Waals surface area contributed by atoms with E-state index in [1.54, 1.807) is 0 Å². The van der Waals surface area contributed by atoms with E-state index in [0.717, 1.165) is 32.8 Å². The molecule has 1 aromatic rings. The number of carbonyl (C=O) groups is 1. The summed E-state index contributed by atoms with van der Waals surface area (Å²) in [6, 6.07) is 0.254. The molecule has 0 spiro atoms. The Kier molecular flexibility index (Phi) is 5.40. The number of hydrogen-bond donors (Lipinski definition) is 2. The van der Waals surface area contributed by atoms with Gasteiger partial charge in [0.25, 0.3) is 0 Å². The molecule has 1 saturated heterocycles. The van der Waals surface area contributed by atoms with Gasteiger partial charge in [-0.05, 0) is 6.92 Å². The molecule has 1 atom stereocenters. The van der Waals surface area contributed by atoms with E-state index in [1.165, 1.54) is 12.5 Å². The first kappa shape index (κ1) is 14.8. The van der Waals surface area contributed by atoms with E-state index in [-0.39, 0.29) is 11.6 Å². The van der Waals surface area contributed by atoms with Crippen molar-refractivity contribution in [2.45, 2.75) is 19.5 Å². The molecule has 7 heteroatoms. The topological polar surface area (TPSA) is 87.6 Å². The molecule has 2 N–H and O–H groups in total. The maximum absolute atomic E-state index is 11.1. The van der Waals surface area contributed by atoms with Crippen molar-refractivity contribution in [3.63, 3.8) is 0 Å². The van der Waals surface area contributed by atoms with Gasteiger partial charge in [0.05, 0.1) is 18.9 Å². The fourth-order valence-electron chi connectivity index (χ4n) is 2.18. The van der Waals surface area contributed by atoms with Crippen LogP contribution in [-0.2, 0) is 11.3 Å². The number of carboxylic acids is 1. The first-order valence-corrected chi connectivity index (χ1v) is 6.72. The number of nitrogens with one attached hydrogen (secondary N) is 1. The fourth-order valence-corrected chi connectivity index (χ4v) is 2.18. The van der Waals surface area contributed by atoms with Gasteiger partial charge in [-0.1, -0.05) is 0 Å². The van der Waals surface area contributed by atoms with Gasteiger partial charge in [0, 0.05) is 38.4 Å². The Morgan fingerprint density at radius 1 is 1.55 bits per heavy atom.